The molecule has 0 aliphatic heterocycles. The molecule has 0 bridgehead atoms. The summed E-state index contributed by atoms with van der Waals surface area (Å²) < 4.78 is 5.22. The van der Waals surface area contributed by atoms with Gasteiger partial charge in [-0.25, -0.2) is 0 Å². The van der Waals surface area contributed by atoms with Crippen molar-refractivity contribution in [1.82, 2.24) is 4.98 Å². The summed E-state index contributed by atoms with van der Waals surface area (Å²) in [6, 6.07) is 5.92. The molecule has 0 atom stereocenters. The fourth-order valence-electron chi connectivity index (χ4n) is 1.96. The maximum Gasteiger partial charge on any atom is 0.125 e. The maximum absolute atomic E-state index is 11.0. The van der Waals surface area contributed by atoms with Crippen molar-refractivity contribution in [2.45, 2.75) is 20.3 Å². The molecule has 1 heterocycles. The summed E-state index contributed by atoms with van der Waals surface area (Å²) in [7, 11) is 1.66. The molecule has 0 saturated heterocycles. The molecule has 3 nitrogen and oxygen atoms in total. The van der Waals surface area contributed by atoms with Crippen molar-refractivity contribution in [3.63, 3.8) is 0 Å². The van der Waals surface area contributed by atoms with Crippen molar-refractivity contribution in [2.75, 3.05) is 7.11 Å². The van der Waals surface area contributed by atoms with E-state index < -0.39 is 0 Å². The van der Waals surface area contributed by atoms with Crippen LogP contribution in [0.4, 0.5) is 0 Å². The van der Waals surface area contributed by atoms with E-state index in [0.717, 1.165) is 34.9 Å². The van der Waals surface area contributed by atoms with Gasteiger partial charge in [-0.2, -0.15) is 0 Å². The molecular formula is C14H17NO2. The minimum atomic E-state index is -0.335. The topological polar surface area (TPSA) is 42.1 Å². The van der Waals surface area contributed by atoms with Crippen molar-refractivity contribution in [1.29, 1.82) is 0 Å². The number of rotatable bonds is 4. The van der Waals surface area contributed by atoms with Gasteiger partial charge in [0.1, 0.15) is 12.0 Å². The van der Waals surface area contributed by atoms with Crippen LogP contribution in [0.2, 0.25) is 0 Å². The van der Waals surface area contributed by atoms with Crippen LogP contribution in [0.25, 0.3) is 10.9 Å². The van der Waals surface area contributed by atoms with Crippen LogP contribution in [0.5, 0.6) is 5.75 Å². The Bertz CT molecular complexity index is 540. The lowest BCUT2D eigenvalue weighted by Gasteiger charge is -2.15. The molecule has 0 amide bonds. The van der Waals surface area contributed by atoms with E-state index in [-0.39, 0.29) is 5.41 Å². The number of nitrogens with one attached hydrogen (secondary N) is 1. The van der Waals surface area contributed by atoms with Crippen LogP contribution in [0.15, 0.2) is 24.4 Å². The number of aromatic amines is 1. The van der Waals surface area contributed by atoms with Gasteiger partial charge in [0.05, 0.1) is 7.11 Å². The number of ether oxygens (including phenoxy) is 1. The van der Waals surface area contributed by atoms with Crippen LogP contribution < -0.4 is 4.74 Å². The first-order chi connectivity index (χ1) is 8.05. The van der Waals surface area contributed by atoms with Crippen molar-refractivity contribution in [3.05, 3.63) is 30.0 Å². The Labute approximate surface area is 101 Å². The summed E-state index contributed by atoms with van der Waals surface area (Å²) in [5.74, 6) is 0.835. The molecule has 2 aromatic rings. The first-order valence-corrected chi connectivity index (χ1v) is 5.66. The van der Waals surface area contributed by atoms with Crippen molar-refractivity contribution >= 4 is 17.2 Å². The van der Waals surface area contributed by atoms with Gasteiger partial charge in [-0.3, -0.25) is 0 Å². The molecule has 90 valence electrons. The van der Waals surface area contributed by atoms with E-state index >= 15 is 0 Å². The summed E-state index contributed by atoms with van der Waals surface area (Å²) in [6.07, 6.45) is 3.70. The summed E-state index contributed by atoms with van der Waals surface area (Å²) in [5.41, 5.74) is 1.89. The summed E-state index contributed by atoms with van der Waals surface area (Å²) >= 11 is 0. The Kier molecular flexibility index (Phi) is 2.92. The van der Waals surface area contributed by atoms with Gasteiger partial charge >= 0.3 is 0 Å². The van der Waals surface area contributed by atoms with Gasteiger partial charge in [0.25, 0.3) is 0 Å². The third-order valence-corrected chi connectivity index (χ3v) is 2.94. The maximum atomic E-state index is 11.0. The quantitative estimate of drug-likeness (QED) is 0.822. The fraction of sp³-hybridized carbons (Fsp3) is 0.357. The SMILES string of the molecule is COc1ccc2[nH]cc(CC(C)(C)C=O)c2c1. The Morgan fingerprint density at radius 3 is 2.82 bits per heavy atom. The van der Waals surface area contributed by atoms with Crippen LogP contribution in [0.3, 0.4) is 0 Å². The largest absolute Gasteiger partial charge is 0.497 e. The number of hydrogen-bond acceptors (Lipinski definition) is 2. The highest BCUT2D eigenvalue weighted by molar-refractivity contribution is 5.85. The predicted molar refractivity (Wildman–Crippen MR) is 68.4 cm³/mol. The van der Waals surface area contributed by atoms with E-state index in [9.17, 15) is 4.79 Å². The standard InChI is InChI=1S/C14H17NO2/c1-14(2,9-16)7-10-8-15-13-5-4-11(17-3)6-12(10)13/h4-6,8-9,15H,7H2,1-3H3. The second kappa shape index (κ2) is 4.24. The fourth-order valence-corrected chi connectivity index (χ4v) is 1.96. The minimum absolute atomic E-state index is 0.335. The summed E-state index contributed by atoms with van der Waals surface area (Å²) in [4.78, 5) is 14.2. The lowest BCUT2D eigenvalue weighted by Crippen LogP contribution is -2.16. The first-order valence-electron chi connectivity index (χ1n) is 5.66. The molecular weight excluding hydrogens is 214 g/mol. The Morgan fingerprint density at radius 1 is 1.41 bits per heavy atom. The number of aldehydes is 1. The molecule has 17 heavy (non-hydrogen) atoms. The van der Waals surface area contributed by atoms with Gasteiger partial charge in [0.15, 0.2) is 0 Å². The minimum Gasteiger partial charge on any atom is -0.497 e. The van der Waals surface area contributed by atoms with Gasteiger partial charge in [-0.05, 0) is 30.2 Å². The van der Waals surface area contributed by atoms with Gasteiger partial charge in [-0.15, -0.1) is 0 Å². The highest BCUT2D eigenvalue weighted by atomic mass is 16.5. The smallest absolute Gasteiger partial charge is 0.125 e. The molecule has 1 aromatic carbocycles. The van der Waals surface area contributed by atoms with Crippen molar-refractivity contribution < 1.29 is 9.53 Å². The molecule has 0 radical (unpaired) electrons. The number of fused-ring (bicyclic) bond motifs is 1. The number of hydrogen-bond donors (Lipinski definition) is 1. The zero-order chi connectivity index (χ0) is 12.5. The first kappa shape index (κ1) is 11.7. The number of H-pyrrole nitrogens is 1. The molecule has 0 aliphatic rings. The van der Waals surface area contributed by atoms with E-state index in [4.69, 9.17) is 4.74 Å². The Hall–Kier alpha value is -1.77. The van der Waals surface area contributed by atoms with E-state index in [0.29, 0.717) is 0 Å². The third kappa shape index (κ3) is 2.33. The van der Waals surface area contributed by atoms with E-state index in [2.05, 4.69) is 4.98 Å². The molecule has 1 N–H and O–H groups in total. The number of carbonyl (C=O) groups is 1. The Balaban J connectivity index is 2.44. The van der Waals surface area contributed by atoms with Gasteiger partial charge in [0.2, 0.25) is 0 Å². The number of benzene rings is 1. The monoisotopic (exact) mass is 231 g/mol. The predicted octanol–water partition coefficient (Wildman–Crippen LogP) is 2.94. The van der Waals surface area contributed by atoms with E-state index in [1.54, 1.807) is 7.11 Å². The van der Waals surface area contributed by atoms with Gasteiger partial charge < -0.3 is 14.5 Å². The zero-order valence-corrected chi connectivity index (χ0v) is 10.4. The molecule has 0 spiro atoms. The second-order valence-electron chi connectivity index (χ2n) is 5.01. The Morgan fingerprint density at radius 2 is 2.18 bits per heavy atom. The van der Waals surface area contributed by atoms with E-state index in [1.165, 1.54) is 0 Å². The molecule has 0 saturated carbocycles. The molecule has 0 unspecified atom stereocenters. The number of aromatic nitrogens is 1. The molecule has 2 rings (SSSR count). The summed E-state index contributed by atoms with van der Waals surface area (Å²) in [6.45, 7) is 3.89. The highest BCUT2D eigenvalue weighted by Gasteiger charge is 2.19. The van der Waals surface area contributed by atoms with Crippen LogP contribution in [0, 0.1) is 5.41 Å². The van der Waals surface area contributed by atoms with Crippen LogP contribution in [0.1, 0.15) is 19.4 Å². The second-order valence-corrected chi connectivity index (χ2v) is 5.01. The summed E-state index contributed by atoms with van der Waals surface area (Å²) in [5, 5.41) is 1.12. The molecule has 1 aromatic heterocycles. The molecule has 0 aliphatic carbocycles. The third-order valence-electron chi connectivity index (χ3n) is 2.94. The van der Waals surface area contributed by atoms with Crippen LogP contribution >= 0.6 is 0 Å². The number of carbonyl (C=O) groups excluding carboxylic acids is 1. The highest BCUT2D eigenvalue weighted by Crippen LogP contribution is 2.28. The van der Waals surface area contributed by atoms with Gasteiger partial charge in [-0.1, -0.05) is 13.8 Å². The van der Waals surface area contributed by atoms with Crippen molar-refractivity contribution in [3.8, 4) is 5.75 Å². The van der Waals surface area contributed by atoms with E-state index in [1.807, 2.05) is 38.2 Å². The average molecular weight is 231 g/mol. The average Bonchev–Trinajstić information content (AvgIpc) is 2.71. The van der Waals surface area contributed by atoms with Crippen LogP contribution in [-0.2, 0) is 11.2 Å². The number of methoxy groups -OCH3 is 1. The molecule has 3 heteroatoms. The van der Waals surface area contributed by atoms with Gasteiger partial charge in [0, 0.05) is 22.5 Å². The molecule has 0 fully saturated rings. The van der Waals surface area contributed by atoms with Crippen molar-refractivity contribution in [2.24, 2.45) is 5.41 Å². The lowest BCUT2D eigenvalue weighted by atomic mass is 9.87. The zero-order valence-electron chi connectivity index (χ0n) is 10.4. The van der Waals surface area contributed by atoms with Crippen LogP contribution in [-0.4, -0.2) is 18.4 Å². The lowest BCUT2D eigenvalue weighted by molar-refractivity contribution is -0.114. The normalized spacial score (nSPS) is 11.7.